The average Bonchev–Trinajstić information content (AvgIpc) is 3.04. The fourth-order valence-electron chi connectivity index (χ4n) is 2.42. The molecule has 3 aromatic rings. The van der Waals surface area contributed by atoms with Crippen LogP contribution in [0, 0.1) is 6.92 Å². The second-order valence-electron chi connectivity index (χ2n) is 5.72. The molecule has 3 rings (SSSR count). The van der Waals surface area contributed by atoms with E-state index in [1.54, 1.807) is 11.8 Å². The van der Waals surface area contributed by atoms with Crippen LogP contribution in [0.15, 0.2) is 45.4 Å². The summed E-state index contributed by atoms with van der Waals surface area (Å²) in [6.45, 7) is 6.83. The van der Waals surface area contributed by atoms with Gasteiger partial charge in [0.2, 0.25) is 5.88 Å². The summed E-state index contributed by atoms with van der Waals surface area (Å²) >= 11 is 7.52. The number of aryl methyl sites for hydroxylation is 1. The molecular weight excluding hydrogens is 372 g/mol. The summed E-state index contributed by atoms with van der Waals surface area (Å²) in [4.78, 5) is 5.82. The van der Waals surface area contributed by atoms with E-state index < -0.39 is 0 Å². The molecule has 0 amide bonds. The summed E-state index contributed by atoms with van der Waals surface area (Å²) in [7, 11) is 0. The minimum atomic E-state index is 0.210. The Morgan fingerprint density at radius 3 is 2.85 bits per heavy atom. The first-order chi connectivity index (χ1) is 12.6. The van der Waals surface area contributed by atoms with Gasteiger partial charge in [0.1, 0.15) is 18.0 Å². The maximum absolute atomic E-state index is 5.84. The van der Waals surface area contributed by atoms with Gasteiger partial charge in [-0.15, -0.1) is 11.8 Å². The molecule has 0 aliphatic heterocycles. The van der Waals surface area contributed by atoms with Crippen LogP contribution in [-0.2, 0) is 13.1 Å². The third-order valence-corrected chi connectivity index (χ3v) is 4.62. The second-order valence-corrected chi connectivity index (χ2v) is 7.13. The van der Waals surface area contributed by atoms with E-state index >= 15 is 0 Å². The van der Waals surface area contributed by atoms with Crippen molar-refractivity contribution in [2.45, 2.75) is 24.9 Å². The number of aromatic nitrogens is 3. The molecule has 0 saturated heterocycles. The van der Waals surface area contributed by atoms with Crippen molar-refractivity contribution in [2.24, 2.45) is 0 Å². The lowest BCUT2D eigenvalue weighted by Crippen LogP contribution is -2.15. The van der Waals surface area contributed by atoms with Gasteiger partial charge in [0, 0.05) is 34.0 Å². The highest BCUT2D eigenvalue weighted by molar-refractivity contribution is 7.98. The molecule has 0 bridgehead atoms. The van der Waals surface area contributed by atoms with Gasteiger partial charge in [-0.2, -0.15) is 0 Å². The molecule has 6 nitrogen and oxygen atoms in total. The third kappa shape index (κ3) is 4.55. The standard InChI is InChI=1S/C18H19ClN4O2S/c1-11(19)10-24-18-14(8-20-9-17-12(2)22-25-23-17)6-13-4-5-15(26-3)7-16(13)21-18/h4-7,20H,1,8-10H2,2-3H3. The lowest BCUT2D eigenvalue weighted by Gasteiger charge is -2.12. The number of benzene rings is 1. The van der Waals surface area contributed by atoms with Gasteiger partial charge in [-0.1, -0.05) is 34.6 Å². The number of rotatable bonds is 8. The smallest absolute Gasteiger partial charge is 0.218 e. The summed E-state index contributed by atoms with van der Waals surface area (Å²) in [5.74, 6) is 0.542. The average molecular weight is 391 g/mol. The number of hydrogen-bond acceptors (Lipinski definition) is 7. The molecule has 0 spiro atoms. The summed E-state index contributed by atoms with van der Waals surface area (Å²) in [6.07, 6.45) is 2.04. The molecular formula is C18H19ClN4O2S. The molecule has 136 valence electrons. The van der Waals surface area contributed by atoms with Gasteiger partial charge in [0.25, 0.3) is 0 Å². The lowest BCUT2D eigenvalue weighted by atomic mass is 10.1. The maximum Gasteiger partial charge on any atom is 0.218 e. The topological polar surface area (TPSA) is 73.1 Å². The Kier molecular flexibility index (Phi) is 6.13. The largest absolute Gasteiger partial charge is 0.472 e. The van der Waals surface area contributed by atoms with Gasteiger partial charge in [-0.05, 0) is 31.4 Å². The first kappa shape index (κ1) is 18.7. The van der Waals surface area contributed by atoms with Gasteiger partial charge in [-0.25, -0.2) is 9.61 Å². The van der Waals surface area contributed by atoms with E-state index in [-0.39, 0.29) is 6.61 Å². The predicted octanol–water partition coefficient (Wildman–Crippen LogP) is 4.07. The van der Waals surface area contributed by atoms with E-state index in [1.807, 2.05) is 19.2 Å². The summed E-state index contributed by atoms with van der Waals surface area (Å²) in [5, 5.41) is 12.4. The van der Waals surface area contributed by atoms with Crippen LogP contribution in [0.25, 0.3) is 10.9 Å². The monoisotopic (exact) mass is 390 g/mol. The number of thioether (sulfide) groups is 1. The van der Waals surface area contributed by atoms with E-state index in [0.717, 1.165) is 32.7 Å². The molecule has 0 fully saturated rings. The number of fused-ring (bicyclic) bond motifs is 1. The first-order valence-electron chi connectivity index (χ1n) is 7.99. The summed E-state index contributed by atoms with van der Waals surface area (Å²) in [6, 6.07) is 8.26. The molecule has 26 heavy (non-hydrogen) atoms. The van der Waals surface area contributed by atoms with Crippen molar-refractivity contribution in [1.82, 2.24) is 20.6 Å². The van der Waals surface area contributed by atoms with Crippen LogP contribution in [0.3, 0.4) is 0 Å². The number of nitrogens with zero attached hydrogens (tertiary/aromatic N) is 3. The number of nitrogens with one attached hydrogen (secondary N) is 1. The van der Waals surface area contributed by atoms with E-state index in [4.69, 9.17) is 21.0 Å². The van der Waals surface area contributed by atoms with Gasteiger partial charge in [0.05, 0.1) is 5.52 Å². The molecule has 2 aromatic heterocycles. The molecule has 0 saturated carbocycles. The minimum Gasteiger partial charge on any atom is -0.472 e. The van der Waals surface area contributed by atoms with Crippen LogP contribution in [0.4, 0.5) is 0 Å². The Bertz CT molecular complexity index is 929. The fraction of sp³-hybridized carbons (Fsp3) is 0.278. The van der Waals surface area contributed by atoms with Crippen molar-refractivity contribution >= 4 is 34.3 Å². The molecule has 0 atom stereocenters. The molecule has 0 unspecified atom stereocenters. The molecule has 2 heterocycles. The second kappa shape index (κ2) is 8.53. The fourth-order valence-corrected chi connectivity index (χ4v) is 2.91. The summed E-state index contributed by atoms with van der Waals surface area (Å²) in [5.41, 5.74) is 3.36. The van der Waals surface area contributed by atoms with Gasteiger partial charge >= 0.3 is 0 Å². The SMILES string of the molecule is C=C(Cl)COc1nc2cc(SC)ccc2cc1CNCc1nonc1C. The minimum absolute atomic E-state index is 0.210. The lowest BCUT2D eigenvalue weighted by molar-refractivity contribution is 0.300. The Labute approximate surface area is 160 Å². The Morgan fingerprint density at radius 2 is 2.15 bits per heavy atom. The zero-order chi connectivity index (χ0) is 18.5. The van der Waals surface area contributed by atoms with Crippen LogP contribution in [0.1, 0.15) is 17.0 Å². The normalized spacial score (nSPS) is 11.0. The van der Waals surface area contributed by atoms with Gasteiger partial charge in [-0.3, -0.25) is 0 Å². The molecule has 1 aromatic carbocycles. The van der Waals surface area contributed by atoms with E-state index in [0.29, 0.717) is 24.0 Å². The van der Waals surface area contributed by atoms with Crippen molar-refractivity contribution in [3.8, 4) is 5.88 Å². The van der Waals surface area contributed by atoms with Crippen LogP contribution in [0.5, 0.6) is 5.88 Å². The molecule has 0 aliphatic rings. The predicted molar refractivity (Wildman–Crippen MR) is 104 cm³/mol. The zero-order valence-corrected chi connectivity index (χ0v) is 16.2. The van der Waals surface area contributed by atoms with Crippen LogP contribution >= 0.6 is 23.4 Å². The quantitative estimate of drug-likeness (QED) is 0.581. The van der Waals surface area contributed by atoms with Crippen molar-refractivity contribution in [3.05, 3.63) is 52.8 Å². The highest BCUT2D eigenvalue weighted by atomic mass is 35.5. The highest BCUT2D eigenvalue weighted by Gasteiger charge is 2.11. The van der Waals surface area contributed by atoms with E-state index in [2.05, 4.69) is 45.4 Å². The maximum atomic E-state index is 5.84. The first-order valence-corrected chi connectivity index (χ1v) is 9.59. The van der Waals surface area contributed by atoms with Crippen molar-refractivity contribution in [3.63, 3.8) is 0 Å². The van der Waals surface area contributed by atoms with Crippen molar-refractivity contribution in [1.29, 1.82) is 0 Å². The third-order valence-electron chi connectivity index (χ3n) is 3.78. The Morgan fingerprint density at radius 1 is 1.31 bits per heavy atom. The van der Waals surface area contributed by atoms with Crippen molar-refractivity contribution < 1.29 is 9.37 Å². The molecule has 0 aliphatic carbocycles. The molecule has 0 radical (unpaired) electrons. The van der Waals surface area contributed by atoms with E-state index in [1.165, 1.54) is 0 Å². The van der Waals surface area contributed by atoms with Crippen LogP contribution in [0.2, 0.25) is 0 Å². The zero-order valence-electron chi connectivity index (χ0n) is 14.6. The van der Waals surface area contributed by atoms with Gasteiger partial charge in [0.15, 0.2) is 0 Å². The van der Waals surface area contributed by atoms with Gasteiger partial charge < -0.3 is 10.1 Å². The Hall–Kier alpha value is -2.09. The van der Waals surface area contributed by atoms with Crippen molar-refractivity contribution in [2.75, 3.05) is 12.9 Å². The molecule has 8 heteroatoms. The number of pyridine rings is 1. The van der Waals surface area contributed by atoms with Crippen LogP contribution in [-0.4, -0.2) is 28.2 Å². The number of halogens is 1. The summed E-state index contributed by atoms with van der Waals surface area (Å²) < 4.78 is 10.5. The number of hydrogen-bond donors (Lipinski definition) is 1. The molecule has 1 N–H and O–H groups in total. The van der Waals surface area contributed by atoms with Crippen LogP contribution < -0.4 is 10.1 Å². The van der Waals surface area contributed by atoms with E-state index in [9.17, 15) is 0 Å². The number of ether oxygens (including phenoxy) is 1. The Balaban J connectivity index is 1.83. The highest BCUT2D eigenvalue weighted by Crippen LogP contribution is 2.26.